The molecular weight excluding hydrogens is 904 g/mol. The first-order chi connectivity index (χ1) is 34.2. The minimum atomic E-state index is -4.75. The Morgan fingerprint density at radius 3 is 1.20 bits per heavy atom. The van der Waals surface area contributed by atoms with E-state index in [1.807, 2.05) is 0 Å². The summed E-state index contributed by atoms with van der Waals surface area (Å²) in [5.41, 5.74) is 0. The van der Waals surface area contributed by atoms with Crippen molar-refractivity contribution in [3.8, 4) is 0 Å². The van der Waals surface area contributed by atoms with Gasteiger partial charge in [-0.25, -0.2) is 4.57 Å². The third-order valence-corrected chi connectivity index (χ3v) is 12.5. The number of phosphoric ester groups is 1. The standard InChI is InChI=1S/C58H101O11P/c1-4-7-10-13-16-19-22-24-25-26-27-28-29-31-34-37-40-43-46-49-58(62)69-55(51-65-56(60)47-44-41-38-35-33-30-23-20-17-14-11-8-5-2)53-67-70(63,64)66-52-54(50-59)68-57(61)48-45-42-39-36-32-21-18-15-12-9-6-3/h7,10,15-16,18-20,23-25,27-28,54-55,59H,4-6,8-9,11-14,17,21-22,26,29-53H2,1-3H3,(H,63,64)/b10-7-,18-15-,19-16-,23-20-,25-24-,28-27-. The maximum Gasteiger partial charge on any atom is 0.472 e. The number of ether oxygens (including phenoxy) is 3. The summed E-state index contributed by atoms with van der Waals surface area (Å²) in [6.45, 7) is 4.44. The third-order valence-electron chi connectivity index (χ3n) is 11.6. The molecule has 0 radical (unpaired) electrons. The summed E-state index contributed by atoms with van der Waals surface area (Å²) in [5, 5.41) is 9.78. The molecule has 0 aromatic rings. The van der Waals surface area contributed by atoms with Crippen LogP contribution in [0.25, 0.3) is 0 Å². The van der Waals surface area contributed by atoms with E-state index in [4.69, 9.17) is 23.3 Å². The molecule has 0 aliphatic carbocycles. The molecule has 0 heterocycles. The van der Waals surface area contributed by atoms with Crippen LogP contribution in [0.4, 0.5) is 0 Å². The largest absolute Gasteiger partial charge is 0.472 e. The molecule has 0 aromatic heterocycles. The number of aliphatic hydroxyl groups excluding tert-OH is 1. The van der Waals surface area contributed by atoms with Gasteiger partial charge in [-0.05, 0) is 103 Å². The lowest BCUT2D eigenvalue weighted by Gasteiger charge is -2.21. The molecule has 0 saturated carbocycles. The summed E-state index contributed by atoms with van der Waals surface area (Å²) < 4.78 is 39.4. The fourth-order valence-corrected chi connectivity index (χ4v) is 8.11. The smallest absolute Gasteiger partial charge is 0.462 e. The zero-order chi connectivity index (χ0) is 51.3. The zero-order valence-corrected chi connectivity index (χ0v) is 45.4. The summed E-state index contributed by atoms with van der Waals surface area (Å²) in [5.74, 6) is -1.50. The highest BCUT2D eigenvalue weighted by atomic mass is 31.2. The molecule has 3 unspecified atom stereocenters. The number of rotatable bonds is 51. The first-order valence-corrected chi connectivity index (χ1v) is 29.3. The molecule has 0 aromatic carbocycles. The monoisotopic (exact) mass is 1000 g/mol. The number of carbonyl (C=O) groups excluding carboxylic acids is 3. The van der Waals surface area contributed by atoms with E-state index in [2.05, 4.69) is 93.7 Å². The van der Waals surface area contributed by atoms with Gasteiger partial charge in [-0.1, -0.05) is 190 Å². The maximum atomic E-state index is 12.9. The van der Waals surface area contributed by atoms with Crippen LogP contribution in [0.3, 0.4) is 0 Å². The predicted molar refractivity (Wildman–Crippen MR) is 288 cm³/mol. The average Bonchev–Trinajstić information content (AvgIpc) is 3.35. The molecule has 0 amide bonds. The number of aliphatic hydroxyl groups is 1. The average molecular weight is 1010 g/mol. The topological polar surface area (TPSA) is 155 Å². The van der Waals surface area contributed by atoms with E-state index in [1.165, 1.54) is 38.5 Å². The van der Waals surface area contributed by atoms with Gasteiger partial charge >= 0.3 is 25.7 Å². The van der Waals surface area contributed by atoms with Gasteiger partial charge in [0.25, 0.3) is 0 Å². The number of phosphoric acid groups is 1. The number of carbonyl (C=O) groups is 3. The van der Waals surface area contributed by atoms with E-state index >= 15 is 0 Å². The second-order valence-corrected chi connectivity index (χ2v) is 19.8. The van der Waals surface area contributed by atoms with E-state index < -0.39 is 57.8 Å². The number of unbranched alkanes of at least 4 members (excludes halogenated alkanes) is 22. The Morgan fingerprint density at radius 2 is 0.757 bits per heavy atom. The molecule has 0 aliphatic rings. The van der Waals surface area contributed by atoms with Gasteiger partial charge < -0.3 is 24.2 Å². The van der Waals surface area contributed by atoms with Crippen molar-refractivity contribution in [3.63, 3.8) is 0 Å². The van der Waals surface area contributed by atoms with Gasteiger partial charge in [0.2, 0.25) is 0 Å². The Hall–Kier alpha value is -3.08. The zero-order valence-electron chi connectivity index (χ0n) is 44.5. The van der Waals surface area contributed by atoms with E-state index in [0.29, 0.717) is 19.3 Å². The molecule has 0 rings (SSSR count). The lowest BCUT2D eigenvalue weighted by atomic mass is 10.1. The fourth-order valence-electron chi connectivity index (χ4n) is 7.32. The van der Waals surface area contributed by atoms with Crippen LogP contribution in [0.15, 0.2) is 72.9 Å². The first kappa shape index (κ1) is 66.9. The Labute approximate surface area is 427 Å². The van der Waals surface area contributed by atoms with Crippen LogP contribution >= 0.6 is 7.82 Å². The molecule has 404 valence electrons. The van der Waals surface area contributed by atoms with Crippen molar-refractivity contribution < 1.29 is 52.2 Å². The summed E-state index contributed by atoms with van der Waals surface area (Å²) in [4.78, 5) is 48.4. The SMILES string of the molecule is CC/C=C\C/C=C\C/C=C\C/C=C\CCCCCCCCC(=O)OC(COC(=O)CCCCCCC/C=C\CCCCCC)COP(=O)(O)OCC(CO)OC(=O)CCCCCCC/C=C\CCCC. The molecule has 0 bridgehead atoms. The van der Waals surface area contributed by atoms with E-state index in [0.717, 1.165) is 141 Å². The highest BCUT2D eigenvalue weighted by Gasteiger charge is 2.28. The Balaban J connectivity index is 4.77. The quantitative estimate of drug-likeness (QED) is 0.0197. The second-order valence-electron chi connectivity index (χ2n) is 18.4. The van der Waals surface area contributed by atoms with Gasteiger partial charge in [0.15, 0.2) is 6.10 Å². The van der Waals surface area contributed by atoms with Crippen LogP contribution < -0.4 is 0 Å². The minimum absolute atomic E-state index is 0.148. The summed E-state index contributed by atoms with van der Waals surface area (Å²) in [6.07, 6.45) is 57.2. The predicted octanol–water partition coefficient (Wildman–Crippen LogP) is 16.1. The lowest BCUT2D eigenvalue weighted by molar-refractivity contribution is -0.161. The molecule has 3 atom stereocenters. The first-order valence-electron chi connectivity index (χ1n) is 27.8. The van der Waals surface area contributed by atoms with E-state index in [1.54, 1.807) is 0 Å². The Morgan fingerprint density at radius 1 is 0.414 bits per heavy atom. The molecule has 11 nitrogen and oxygen atoms in total. The molecular formula is C58H101O11P. The van der Waals surface area contributed by atoms with Gasteiger partial charge in [-0.2, -0.15) is 0 Å². The summed E-state index contributed by atoms with van der Waals surface area (Å²) >= 11 is 0. The van der Waals surface area contributed by atoms with Gasteiger partial charge in [0.1, 0.15) is 12.7 Å². The summed E-state index contributed by atoms with van der Waals surface area (Å²) in [7, 11) is -4.75. The third kappa shape index (κ3) is 49.9. The highest BCUT2D eigenvalue weighted by Crippen LogP contribution is 2.43. The van der Waals surface area contributed by atoms with Crippen LogP contribution in [-0.2, 0) is 42.2 Å². The number of hydrogen-bond acceptors (Lipinski definition) is 10. The normalized spacial score (nSPS) is 14.0. The number of hydrogen-bond donors (Lipinski definition) is 2. The molecule has 0 saturated heterocycles. The van der Waals surface area contributed by atoms with Crippen molar-refractivity contribution in [2.75, 3.05) is 26.4 Å². The maximum absolute atomic E-state index is 12.9. The van der Waals surface area contributed by atoms with Crippen LogP contribution in [0.2, 0.25) is 0 Å². The van der Waals surface area contributed by atoms with Crippen molar-refractivity contribution in [2.45, 2.75) is 251 Å². The van der Waals surface area contributed by atoms with Crippen LogP contribution in [-0.4, -0.2) is 66.5 Å². The van der Waals surface area contributed by atoms with Gasteiger partial charge in [0, 0.05) is 19.3 Å². The summed E-state index contributed by atoms with van der Waals surface area (Å²) in [6, 6.07) is 0. The van der Waals surface area contributed by atoms with Crippen LogP contribution in [0.1, 0.15) is 239 Å². The highest BCUT2D eigenvalue weighted by molar-refractivity contribution is 7.47. The van der Waals surface area contributed by atoms with Gasteiger partial charge in [0.05, 0.1) is 19.8 Å². The van der Waals surface area contributed by atoms with Crippen LogP contribution in [0.5, 0.6) is 0 Å². The number of allylic oxidation sites excluding steroid dienone is 12. The molecule has 2 N–H and O–H groups in total. The number of esters is 3. The van der Waals surface area contributed by atoms with Crippen molar-refractivity contribution >= 4 is 25.7 Å². The van der Waals surface area contributed by atoms with Gasteiger partial charge in [-0.15, -0.1) is 0 Å². The molecule has 12 heteroatoms. The van der Waals surface area contributed by atoms with E-state index in [-0.39, 0.29) is 25.9 Å². The minimum Gasteiger partial charge on any atom is -0.462 e. The molecule has 70 heavy (non-hydrogen) atoms. The lowest BCUT2D eigenvalue weighted by Crippen LogP contribution is -2.30. The Kier molecular flexibility index (Phi) is 50.0. The second kappa shape index (κ2) is 52.2. The van der Waals surface area contributed by atoms with Crippen molar-refractivity contribution in [2.24, 2.45) is 0 Å². The molecule has 0 spiro atoms. The van der Waals surface area contributed by atoms with Crippen molar-refractivity contribution in [1.82, 2.24) is 0 Å². The molecule has 0 fully saturated rings. The van der Waals surface area contributed by atoms with Crippen LogP contribution in [0, 0.1) is 0 Å². The van der Waals surface area contributed by atoms with E-state index in [9.17, 15) is 28.9 Å². The van der Waals surface area contributed by atoms with Crippen molar-refractivity contribution in [3.05, 3.63) is 72.9 Å². The molecule has 0 aliphatic heterocycles. The van der Waals surface area contributed by atoms with Gasteiger partial charge in [-0.3, -0.25) is 23.4 Å². The Bertz CT molecular complexity index is 1450. The fraction of sp³-hybridized carbons (Fsp3) is 0.741. The van der Waals surface area contributed by atoms with Crippen molar-refractivity contribution in [1.29, 1.82) is 0 Å².